The molecule has 0 fully saturated rings. The van der Waals surface area contributed by atoms with Crippen LogP contribution in [0.5, 0.6) is 5.75 Å². The van der Waals surface area contributed by atoms with Crippen molar-refractivity contribution in [2.24, 2.45) is 0 Å². The summed E-state index contributed by atoms with van der Waals surface area (Å²) >= 11 is 6.04. The summed E-state index contributed by atoms with van der Waals surface area (Å²) in [5, 5.41) is 0.450. The average molecular weight is 393 g/mol. The Morgan fingerprint density at radius 1 is 1.19 bits per heavy atom. The zero-order chi connectivity index (χ0) is 18.9. The van der Waals surface area contributed by atoms with Gasteiger partial charge in [-0.05, 0) is 72.2 Å². The van der Waals surface area contributed by atoms with Crippen molar-refractivity contribution in [3.05, 3.63) is 51.5 Å². The summed E-state index contributed by atoms with van der Waals surface area (Å²) in [6.07, 6.45) is 4.39. The van der Waals surface area contributed by atoms with Gasteiger partial charge in [-0.25, -0.2) is 8.42 Å². The van der Waals surface area contributed by atoms with E-state index in [0.29, 0.717) is 23.6 Å². The molecule has 2 aromatic rings. The number of sulfone groups is 1. The molecule has 0 amide bonds. The Balaban J connectivity index is 1.87. The van der Waals surface area contributed by atoms with Crippen molar-refractivity contribution in [3.8, 4) is 16.9 Å². The first-order chi connectivity index (χ1) is 12.3. The van der Waals surface area contributed by atoms with Crippen molar-refractivity contribution < 1.29 is 17.9 Å². The Labute approximate surface area is 159 Å². The number of carbonyl (C=O) groups excluding carboxylic acids is 1. The van der Waals surface area contributed by atoms with Gasteiger partial charge in [0.1, 0.15) is 15.6 Å². The minimum atomic E-state index is -2.96. The van der Waals surface area contributed by atoms with E-state index in [1.165, 1.54) is 17.4 Å². The first-order valence-electron chi connectivity index (χ1n) is 8.51. The van der Waals surface area contributed by atoms with Crippen molar-refractivity contribution in [2.75, 3.05) is 18.6 Å². The van der Waals surface area contributed by atoms with Crippen LogP contribution in [0.1, 0.15) is 33.5 Å². The van der Waals surface area contributed by atoms with Gasteiger partial charge in [0.15, 0.2) is 6.29 Å². The van der Waals surface area contributed by atoms with Crippen molar-refractivity contribution in [2.45, 2.75) is 26.2 Å². The molecule has 0 saturated carbocycles. The summed E-state index contributed by atoms with van der Waals surface area (Å²) in [6, 6.07) is 7.51. The van der Waals surface area contributed by atoms with E-state index in [1.54, 1.807) is 6.07 Å². The Bertz CT molecular complexity index is 964. The van der Waals surface area contributed by atoms with Gasteiger partial charge in [0, 0.05) is 11.8 Å². The first-order valence-corrected chi connectivity index (χ1v) is 10.9. The fourth-order valence-electron chi connectivity index (χ4n) is 3.34. The van der Waals surface area contributed by atoms with Gasteiger partial charge in [0.05, 0.1) is 17.4 Å². The molecule has 26 heavy (non-hydrogen) atoms. The fraction of sp³-hybridized carbons (Fsp3) is 0.350. The molecule has 0 unspecified atom stereocenters. The monoisotopic (exact) mass is 392 g/mol. The predicted octanol–water partition coefficient (Wildman–Crippen LogP) is 4.04. The lowest BCUT2D eigenvalue weighted by Gasteiger charge is -2.28. The normalized spacial score (nSPS) is 13.0. The Morgan fingerprint density at radius 2 is 1.92 bits per heavy atom. The highest BCUT2D eigenvalue weighted by Gasteiger charge is 2.25. The molecule has 0 aliphatic heterocycles. The van der Waals surface area contributed by atoms with E-state index < -0.39 is 9.84 Å². The van der Waals surface area contributed by atoms with E-state index in [4.69, 9.17) is 16.3 Å². The fourth-order valence-corrected chi connectivity index (χ4v) is 4.14. The number of hydrogen-bond donors (Lipinski definition) is 0. The van der Waals surface area contributed by atoms with Crippen LogP contribution in [-0.2, 0) is 22.7 Å². The molecule has 1 aliphatic carbocycles. The SMILES string of the molecule is Cc1cc(OCCCS(C)(=O)=O)c2c(c1-c1ccc(Cl)c(C=O)c1)CC2. The molecule has 0 bridgehead atoms. The minimum absolute atomic E-state index is 0.130. The predicted molar refractivity (Wildman–Crippen MR) is 104 cm³/mol. The third-order valence-corrected chi connectivity index (χ3v) is 6.03. The van der Waals surface area contributed by atoms with Crippen LogP contribution in [0, 0.1) is 6.92 Å². The number of carbonyl (C=O) groups is 1. The molecule has 138 valence electrons. The van der Waals surface area contributed by atoms with E-state index in [1.807, 2.05) is 25.1 Å². The lowest BCUT2D eigenvalue weighted by molar-refractivity contribution is 0.112. The second kappa shape index (κ2) is 7.41. The van der Waals surface area contributed by atoms with Crippen LogP contribution in [0.25, 0.3) is 11.1 Å². The van der Waals surface area contributed by atoms with E-state index in [-0.39, 0.29) is 5.75 Å². The van der Waals surface area contributed by atoms with E-state index in [9.17, 15) is 13.2 Å². The number of fused-ring (bicyclic) bond motifs is 1. The Hall–Kier alpha value is -1.85. The van der Waals surface area contributed by atoms with Crippen LogP contribution in [0.4, 0.5) is 0 Å². The largest absolute Gasteiger partial charge is 0.493 e. The summed E-state index contributed by atoms with van der Waals surface area (Å²) in [5.74, 6) is 0.969. The first kappa shape index (κ1) is 18.9. The summed E-state index contributed by atoms with van der Waals surface area (Å²) in [4.78, 5) is 11.2. The summed E-state index contributed by atoms with van der Waals surface area (Å²) in [6.45, 7) is 2.40. The van der Waals surface area contributed by atoms with E-state index in [2.05, 4.69) is 0 Å². The number of hydrogen-bond acceptors (Lipinski definition) is 4. The van der Waals surface area contributed by atoms with Crippen molar-refractivity contribution >= 4 is 27.7 Å². The maximum absolute atomic E-state index is 11.2. The van der Waals surface area contributed by atoms with Crippen LogP contribution in [0.3, 0.4) is 0 Å². The molecule has 0 heterocycles. The standard InChI is InChI=1S/C20H21ClO4S/c1-13-10-19(25-8-3-9-26(2,23)24)16-5-6-17(16)20(13)14-4-7-18(21)15(11-14)12-22/h4,7,10-12H,3,5-6,8-9H2,1-2H3. The second-order valence-corrected chi connectivity index (χ2v) is 9.38. The quantitative estimate of drug-likeness (QED) is 0.527. The highest BCUT2D eigenvalue weighted by atomic mass is 35.5. The van der Waals surface area contributed by atoms with Crippen molar-refractivity contribution in [1.29, 1.82) is 0 Å². The highest BCUT2D eigenvalue weighted by molar-refractivity contribution is 7.90. The van der Waals surface area contributed by atoms with Gasteiger partial charge >= 0.3 is 0 Å². The topological polar surface area (TPSA) is 60.4 Å². The van der Waals surface area contributed by atoms with Gasteiger partial charge in [-0.15, -0.1) is 0 Å². The zero-order valence-electron chi connectivity index (χ0n) is 14.8. The number of aryl methyl sites for hydroxylation is 1. The molecule has 0 spiro atoms. The average Bonchev–Trinajstić information content (AvgIpc) is 2.54. The second-order valence-electron chi connectivity index (χ2n) is 6.71. The van der Waals surface area contributed by atoms with Gasteiger partial charge in [0.25, 0.3) is 0 Å². The number of halogens is 1. The molecule has 0 aromatic heterocycles. The van der Waals surface area contributed by atoms with Crippen LogP contribution in [0.15, 0.2) is 24.3 Å². The molecule has 0 radical (unpaired) electrons. The lowest BCUT2D eigenvalue weighted by Crippen LogP contribution is -2.15. The van der Waals surface area contributed by atoms with Crippen LogP contribution in [-0.4, -0.2) is 33.3 Å². The molecule has 6 heteroatoms. The van der Waals surface area contributed by atoms with Gasteiger partial charge in [-0.2, -0.15) is 0 Å². The third-order valence-electron chi connectivity index (χ3n) is 4.66. The Morgan fingerprint density at radius 3 is 2.54 bits per heavy atom. The number of aldehydes is 1. The lowest BCUT2D eigenvalue weighted by atomic mass is 9.79. The summed E-state index contributed by atoms with van der Waals surface area (Å²) in [5.41, 5.74) is 6.08. The van der Waals surface area contributed by atoms with Gasteiger partial charge in [-0.3, -0.25) is 4.79 Å². The molecule has 4 nitrogen and oxygen atoms in total. The maximum atomic E-state index is 11.2. The molecule has 0 N–H and O–H groups in total. The molecular weight excluding hydrogens is 372 g/mol. The zero-order valence-corrected chi connectivity index (χ0v) is 16.4. The minimum Gasteiger partial charge on any atom is -0.493 e. The molecule has 3 rings (SSSR count). The molecule has 0 atom stereocenters. The van der Waals surface area contributed by atoms with E-state index >= 15 is 0 Å². The highest BCUT2D eigenvalue weighted by Crippen LogP contribution is 2.42. The Kier molecular flexibility index (Phi) is 5.39. The smallest absolute Gasteiger partial charge is 0.151 e. The van der Waals surface area contributed by atoms with Crippen LogP contribution < -0.4 is 4.74 Å². The van der Waals surface area contributed by atoms with Gasteiger partial charge < -0.3 is 4.74 Å². The molecule has 2 aromatic carbocycles. The summed E-state index contributed by atoms with van der Waals surface area (Å²) < 4.78 is 28.3. The number of benzene rings is 2. The van der Waals surface area contributed by atoms with E-state index in [0.717, 1.165) is 41.6 Å². The number of rotatable bonds is 7. The van der Waals surface area contributed by atoms with Gasteiger partial charge in [-0.1, -0.05) is 17.7 Å². The molecular formula is C20H21ClO4S. The van der Waals surface area contributed by atoms with Gasteiger partial charge in [0.2, 0.25) is 0 Å². The summed E-state index contributed by atoms with van der Waals surface area (Å²) in [7, 11) is -2.96. The maximum Gasteiger partial charge on any atom is 0.151 e. The van der Waals surface area contributed by atoms with Crippen LogP contribution >= 0.6 is 11.6 Å². The van der Waals surface area contributed by atoms with Crippen LogP contribution in [0.2, 0.25) is 5.02 Å². The van der Waals surface area contributed by atoms with Crippen molar-refractivity contribution in [1.82, 2.24) is 0 Å². The third kappa shape index (κ3) is 3.94. The molecule has 1 aliphatic rings. The van der Waals surface area contributed by atoms with Crippen molar-refractivity contribution in [3.63, 3.8) is 0 Å². The molecule has 0 saturated heterocycles. The number of ether oxygens (including phenoxy) is 1.